The maximum absolute atomic E-state index is 11.8. The quantitative estimate of drug-likeness (QED) is 0.798. The monoisotopic (exact) mass is 312 g/mol. The van der Waals surface area contributed by atoms with E-state index in [0.717, 1.165) is 12.7 Å². The van der Waals surface area contributed by atoms with Gasteiger partial charge in [-0.05, 0) is 24.5 Å². The normalized spacial score (nSPS) is 11.4. The number of nitrogens with zero attached hydrogens (tertiary/aromatic N) is 1. The van der Waals surface area contributed by atoms with Crippen LogP contribution in [0.1, 0.15) is 26.7 Å². The van der Waals surface area contributed by atoms with Gasteiger partial charge in [0.05, 0.1) is 11.9 Å². The van der Waals surface area contributed by atoms with E-state index in [1.807, 2.05) is 6.07 Å². The van der Waals surface area contributed by atoms with E-state index in [0.29, 0.717) is 18.2 Å². The molecule has 1 amide bonds. The molecule has 118 valence electrons. The molecule has 0 unspecified atom stereocenters. The van der Waals surface area contributed by atoms with Crippen molar-refractivity contribution in [2.75, 3.05) is 23.7 Å². The fourth-order valence-electron chi connectivity index (χ4n) is 1.87. The number of hydrogen-bond acceptors (Lipinski definition) is 3. The number of amides is 1. The molecular weight excluding hydrogens is 288 g/mol. The Balaban J connectivity index is 2.58. The molecule has 0 aliphatic rings. The number of carbonyl (C=O) groups is 1. The van der Waals surface area contributed by atoms with E-state index in [1.54, 1.807) is 24.3 Å². The van der Waals surface area contributed by atoms with Crippen LogP contribution < -0.4 is 9.62 Å². The predicted octanol–water partition coefficient (Wildman–Crippen LogP) is 2.00. The van der Waals surface area contributed by atoms with E-state index in [9.17, 15) is 13.2 Å². The molecule has 0 heterocycles. The van der Waals surface area contributed by atoms with Gasteiger partial charge in [0.2, 0.25) is 15.9 Å². The zero-order valence-electron chi connectivity index (χ0n) is 12.9. The SMILES string of the molecule is CC(C)CCNC(=O)CCN(c1ccccc1)S(C)(=O)=O. The third-order valence-electron chi connectivity index (χ3n) is 3.03. The Morgan fingerprint density at radius 1 is 1.24 bits per heavy atom. The smallest absolute Gasteiger partial charge is 0.232 e. The van der Waals surface area contributed by atoms with Crippen LogP contribution in [-0.2, 0) is 14.8 Å². The number of carbonyl (C=O) groups excluding carboxylic acids is 1. The van der Waals surface area contributed by atoms with Gasteiger partial charge in [0.25, 0.3) is 0 Å². The third-order valence-corrected chi connectivity index (χ3v) is 4.22. The summed E-state index contributed by atoms with van der Waals surface area (Å²) >= 11 is 0. The standard InChI is InChI=1S/C15H24N2O3S/c1-13(2)9-11-16-15(18)10-12-17(21(3,19)20)14-7-5-4-6-8-14/h4-8,13H,9-12H2,1-3H3,(H,16,18). The van der Waals surface area contributed by atoms with Gasteiger partial charge in [-0.1, -0.05) is 32.0 Å². The Morgan fingerprint density at radius 2 is 1.86 bits per heavy atom. The lowest BCUT2D eigenvalue weighted by molar-refractivity contribution is -0.120. The second-order valence-corrected chi connectivity index (χ2v) is 7.36. The van der Waals surface area contributed by atoms with Crippen molar-refractivity contribution >= 4 is 21.6 Å². The van der Waals surface area contributed by atoms with Crippen molar-refractivity contribution in [1.82, 2.24) is 5.32 Å². The molecule has 0 fully saturated rings. The lowest BCUT2D eigenvalue weighted by Gasteiger charge is -2.22. The zero-order chi connectivity index (χ0) is 15.9. The largest absolute Gasteiger partial charge is 0.356 e. The summed E-state index contributed by atoms with van der Waals surface area (Å²) in [5.41, 5.74) is 0.579. The average Bonchev–Trinajstić information content (AvgIpc) is 2.38. The number of anilines is 1. The van der Waals surface area contributed by atoms with Gasteiger partial charge in [-0.2, -0.15) is 0 Å². The highest BCUT2D eigenvalue weighted by atomic mass is 32.2. The molecule has 1 N–H and O–H groups in total. The number of benzene rings is 1. The van der Waals surface area contributed by atoms with Crippen LogP contribution in [0, 0.1) is 5.92 Å². The van der Waals surface area contributed by atoms with Crippen LogP contribution in [-0.4, -0.2) is 33.7 Å². The van der Waals surface area contributed by atoms with E-state index >= 15 is 0 Å². The van der Waals surface area contributed by atoms with Crippen molar-refractivity contribution in [2.45, 2.75) is 26.7 Å². The first-order valence-corrected chi connectivity index (χ1v) is 8.95. The van der Waals surface area contributed by atoms with Crippen LogP contribution >= 0.6 is 0 Å². The van der Waals surface area contributed by atoms with E-state index in [2.05, 4.69) is 19.2 Å². The molecule has 6 heteroatoms. The molecule has 0 aromatic heterocycles. The third kappa shape index (κ3) is 6.62. The maximum atomic E-state index is 11.8. The molecular formula is C15H24N2O3S. The zero-order valence-corrected chi connectivity index (χ0v) is 13.7. The molecule has 5 nitrogen and oxygen atoms in total. The minimum absolute atomic E-state index is 0.125. The molecule has 0 spiro atoms. The van der Waals surface area contributed by atoms with Crippen LogP contribution in [0.15, 0.2) is 30.3 Å². The predicted molar refractivity (Wildman–Crippen MR) is 85.7 cm³/mol. The number of nitrogens with one attached hydrogen (secondary N) is 1. The number of rotatable bonds is 8. The topological polar surface area (TPSA) is 66.5 Å². The second kappa shape index (κ2) is 8.02. The van der Waals surface area contributed by atoms with E-state index in [4.69, 9.17) is 0 Å². The summed E-state index contributed by atoms with van der Waals surface area (Å²) in [6, 6.07) is 8.81. The van der Waals surface area contributed by atoms with Crippen molar-refractivity contribution in [3.8, 4) is 0 Å². The second-order valence-electron chi connectivity index (χ2n) is 5.45. The highest BCUT2D eigenvalue weighted by Gasteiger charge is 2.18. The van der Waals surface area contributed by atoms with Crippen molar-refractivity contribution in [3.63, 3.8) is 0 Å². The first kappa shape index (κ1) is 17.5. The van der Waals surface area contributed by atoms with Crippen LogP contribution in [0.2, 0.25) is 0 Å². The lowest BCUT2D eigenvalue weighted by Crippen LogP contribution is -2.35. The maximum Gasteiger partial charge on any atom is 0.232 e. The number of hydrogen-bond donors (Lipinski definition) is 1. The molecule has 1 rings (SSSR count). The van der Waals surface area contributed by atoms with Gasteiger partial charge in [-0.3, -0.25) is 9.10 Å². The highest BCUT2D eigenvalue weighted by Crippen LogP contribution is 2.16. The molecule has 0 aliphatic heterocycles. The Kier molecular flexibility index (Phi) is 6.68. The van der Waals surface area contributed by atoms with Gasteiger partial charge >= 0.3 is 0 Å². The molecule has 0 saturated heterocycles. The van der Waals surface area contributed by atoms with Crippen LogP contribution in [0.4, 0.5) is 5.69 Å². The molecule has 1 aromatic carbocycles. The average molecular weight is 312 g/mol. The van der Waals surface area contributed by atoms with Gasteiger partial charge < -0.3 is 5.32 Å². The summed E-state index contributed by atoms with van der Waals surface area (Å²) in [6.45, 7) is 4.96. The van der Waals surface area contributed by atoms with E-state index in [-0.39, 0.29) is 18.9 Å². The first-order chi connectivity index (χ1) is 9.80. The summed E-state index contributed by atoms with van der Waals surface area (Å²) in [5, 5.41) is 2.81. The van der Waals surface area contributed by atoms with Crippen molar-refractivity contribution in [2.24, 2.45) is 5.92 Å². The molecule has 0 bridgehead atoms. The molecule has 1 aromatic rings. The molecule has 21 heavy (non-hydrogen) atoms. The van der Waals surface area contributed by atoms with Crippen LogP contribution in [0.25, 0.3) is 0 Å². The Morgan fingerprint density at radius 3 is 2.38 bits per heavy atom. The minimum atomic E-state index is -3.39. The van der Waals surface area contributed by atoms with Crippen molar-refractivity contribution in [1.29, 1.82) is 0 Å². The summed E-state index contributed by atoms with van der Waals surface area (Å²) in [6.07, 6.45) is 2.22. The summed E-state index contributed by atoms with van der Waals surface area (Å²) < 4.78 is 24.9. The van der Waals surface area contributed by atoms with Gasteiger partial charge in [0.1, 0.15) is 0 Å². The lowest BCUT2D eigenvalue weighted by atomic mass is 10.1. The summed E-state index contributed by atoms with van der Waals surface area (Å²) in [7, 11) is -3.39. The van der Waals surface area contributed by atoms with Gasteiger partial charge in [-0.25, -0.2) is 8.42 Å². The Labute approximate surface area is 127 Å². The summed E-state index contributed by atoms with van der Waals surface area (Å²) in [5.74, 6) is 0.405. The summed E-state index contributed by atoms with van der Waals surface area (Å²) in [4.78, 5) is 11.8. The highest BCUT2D eigenvalue weighted by molar-refractivity contribution is 7.92. The first-order valence-electron chi connectivity index (χ1n) is 7.10. The van der Waals surface area contributed by atoms with Crippen molar-refractivity contribution < 1.29 is 13.2 Å². The molecule has 0 atom stereocenters. The van der Waals surface area contributed by atoms with E-state index < -0.39 is 10.0 Å². The molecule has 0 aliphatic carbocycles. The van der Waals surface area contributed by atoms with E-state index in [1.165, 1.54) is 4.31 Å². The van der Waals surface area contributed by atoms with Gasteiger partial charge in [-0.15, -0.1) is 0 Å². The van der Waals surface area contributed by atoms with Crippen LogP contribution in [0.3, 0.4) is 0 Å². The molecule has 0 radical (unpaired) electrons. The van der Waals surface area contributed by atoms with Crippen LogP contribution in [0.5, 0.6) is 0 Å². The Hall–Kier alpha value is -1.56. The number of sulfonamides is 1. The fourth-order valence-corrected chi connectivity index (χ4v) is 2.80. The van der Waals surface area contributed by atoms with Gasteiger partial charge in [0.15, 0.2) is 0 Å². The molecule has 0 saturated carbocycles. The minimum Gasteiger partial charge on any atom is -0.356 e. The van der Waals surface area contributed by atoms with Gasteiger partial charge in [0, 0.05) is 19.5 Å². The Bertz CT molecular complexity index is 541. The fraction of sp³-hybridized carbons (Fsp3) is 0.533. The number of para-hydroxylation sites is 1. The van der Waals surface area contributed by atoms with Crippen molar-refractivity contribution in [3.05, 3.63) is 30.3 Å².